The summed E-state index contributed by atoms with van der Waals surface area (Å²) in [6, 6.07) is 16.0. The van der Waals surface area contributed by atoms with Gasteiger partial charge in [0.1, 0.15) is 5.75 Å². The summed E-state index contributed by atoms with van der Waals surface area (Å²) in [5.41, 5.74) is 1.27. The van der Waals surface area contributed by atoms with Gasteiger partial charge < -0.3 is 23.9 Å². The molecule has 4 rings (SSSR count). The average Bonchev–Trinajstić information content (AvgIpc) is 3.52. The van der Waals surface area contributed by atoms with Crippen molar-refractivity contribution in [1.82, 2.24) is 14.8 Å². The number of methoxy groups -OCH3 is 3. The van der Waals surface area contributed by atoms with Crippen LogP contribution in [0.2, 0.25) is 0 Å². The Morgan fingerprint density at radius 1 is 0.969 bits per heavy atom. The topological polar surface area (TPSA) is 101 Å². The molecule has 0 saturated carbocycles. The van der Waals surface area contributed by atoms with E-state index in [0.717, 1.165) is 5.56 Å². The number of anilines is 1. The van der Waals surface area contributed by atoms with E-state index >= 15 is 0 Å². The van der Waals surface area contributed by atoms with Gasteiger partial charge in [0.2, 0.25) is 11.8 Å². The molecule has 0 fully saturated rings. The molecule has 0 atom stereocenters. The molecule has 1 N–H and O–H groups in total. The average molecular weight is 434 g/mol. The number of benzene rings is 2. The standard InChI is InChI=1S/C23H22N4O5/c1-29-17-8-5-4-7-16(17)22(28)27-23(25-21(26-27)19-9-6-12-32-19)24-14-15-10-11-18(30-2)20(13-15)31-3/h4-13H,14H2,1-3H3,(H,24,25,26). The minimum absolute atomic E-state index is 0.266. The molecular weight excluding hydrogens is 412 g/mol. The van der Waals surface area contributed by atoms with E-state index in [0.29, 0.717) is 35.1 Å². The van der Waals surface area contributed by atoms with Crippen LogP contribution in [0.4, 0.5) is 5.95 Å². The Morgan fingerprint density at radius 2 is 1.75 bits per heavy atom. The van der Waals surface area contributed by atoms with Gasteiger partial charge >= 0.3 is 0 Å². The van der Waals surface area contributed by atoms with Crippen molar-refractivity contribution in [2.45, 2.75) is 6.54 Å². The first-order valence-corrected chi connectivity index (χ1v) is 9.78. The summed E-state index contributed by atoms with van der Waals surface area (Å²) in [5, 5.41) is 7.56. The Kier molecular flexibility index (Phi) is 6.07. The van der Waals surface area contributed by atoms with E-state index in [1.54, 1.807) is 50.6 Å². The van der Waals surface area contributed by atoms with Crippen LogP contribution >= 0.6 is 0 Å². The first-order valence-electron chi connectivity index (χ1n) is 9.78. The maximum Gasteiger partial charge on any atom is 0.285 e. The largest absolute Gasteiger partial charge is 0.496 e. The molecule has 0 aliphatic carbocycles. The molecule has 164 valence electrons. The van der Waals surface area contributed by atoms with Crippen LogP contribution in [0.5, 0.6) is 17.2 Å². The zero-order chi connectivity index (χ0) is 22.5. The van der Waals surface area contributed by atoms with Gasteiger partial charge in [0.15, 0.2) is 17.3 Å². The molecule has 2 aromatic heterocycles. The fraction of sp³-hybridized carbons (Fsp3) is 0.174. The molecule has 0 aliphatic rings. The summed E-state index contributed by atoms with van der Waals surface area (Å²) in [4.78, 5) is 17.8. The summed E-state index contributed by atoms with van der Waals surface area (Å²) in [7, 11) is 4.67. The highest BCUT2D eigenvalue weighted by molar-refractivity contribution is 5.99. The number of nitrogens with one attached hydrogen (secondary N) is 1. The van der Waals surface area contributed by atoms with Crippen LogP contribution in [0.25, 0.3) is 11.6 Å². The second-order valence-electron chi connectivity index (χ2n) is 6.70. The van der Waals surface area contributed by atoms with Gasteiger partial charge in [-0.1, -0.05) is 18.2 Å². The van der Waals surface area contributed by atoms with Crippen LogP contribution in [0.3, 0.4) is 0 Å². The number of aromatic nitrogens is 3. The molecule has 0 saturated heterocycles. The van der Waals surface area contributed by atoms with Gasteiger partial charge in [-0.2, -0.15) is 9.67 Å². The molecule has 2 aromatic carbocycles. The van der Waals surface area contributed by atoms with Gasteiger partial charge in [0, 0.05) is 6.54 Å². The summed E-state index contributed by atoms with van der Waals surface area (Å²) in [5.74, 6) is 2.29. The highest BCUT2D eigenvalue weighted by Gasteiger charge is 2.22. The minimum Gasteiger partial charge on any atom is -0.496 e. The van der Waals surface area contributed by atoms with E-state index < -0.39 is 0 Å². The first kappa shape index (κ1) is 21.0. The lowest BCUT2D eigenvalue weighted by Gasteiger charge is -2.11. The zero-order valence-electron chi connectivity index (χ0n) is 17.9. The van der Waals surface area contributed by atoms with Crippen molar-refractivity contribution in [2.24, 2.45) is 0 Å². The Morgan fingerprint density at radius 3 is 2.47 bits per heavy atom. The molecule has 4 aromatic rings. The molecule has 0 aliphatic heterocycles. The van der Waals surface area contributed by atoms with E-state index in [2.05, 4.69) is 15.4 Å². The molecule has 2 heterocycles. The fourth-order valence-corrected chi connectivity index (χ4v) is 3.19. The molecule has 0 spiro atoms. The molecule has 0 amide bonds. The maximum atomic E-state index is 13.3. The van der Waals surface area contributed by atoms with Gasteiger partial charge in [-0.3, -0.25) is 4.79 Å². The van der Waals surface area contributed by atoms with Gasteiger partial charge in [-0.05, 0) is 42.0 Å². The number of carbonyl (C=O) groups is 1. The van der Waals surface area contributed by atoms with Gasteiger partial charge in [-0.25, -0.2) is 0 Å². The third kappa shape index (κ3) is 4.13. The lowest BCUT2D eigenvalue weighted by molar-refractivity contribution is 0.0944. The normalized spacial score (nSPS) is 10.6. The zero-order valence-corrected chi connectivity index (χ0v) is 17.9. The maximum absolute atomic E-state index is 13.3. The van der Waals surface area contributed by atoms with Crippen molar-refractivity contribution < 1.29 is 23.4 Å². The lowest BCUT2D eigenvalue weighted by Crippen LogP contribution is -2.18. The molecule has 9 nitrogen and oxygen atoms in total. The van der Waals surface area contributed by atoms with Crippen LogP contribution in [0.1, 0.15) is 15.9 Å². The molecule has 0 unspecified atom stereocenters. The van der Waals surface area contributed by atoms with Crippen molar-refractivity contribution in [2.75, 3.05) is 26.6 Å². The van der Waals surface area contributed by atoms with E-state index in [1.165, 1.54) is 18.1 Å². The predicted octanol–water partition coefficient (Wildman–Crippen LogP) is 3.86. The molecule has 0 bridgehead atoms. The van der Waals surface area contributed by atoms with E-state index in [9.17, 15) is 4.79 Å². The second kappa shape index (κ2) is 9.25. The van der Waals surface area contributed by atoms with Crippen LogP contribution in [0.15, 0.2) is 65.3 Å². The first-order chi connectivity index (χ1) is 15.6. The molecule has 32 heavy (non-hydrogen) atoms. The van der Waals surface area contributed by atoms with Crippen LogP contribution in [-0.2, 0) is 6.54 Å². The third-order valence-corrected chi connectivity index (χ3v) is 4.78. The Labute approximate surface area is 184 Å². The van der Waals surface area contributed by atoms with Gasteiger partial charge in [0.05, 0.1) is 33.2 Å². The van der Waals surface area contributed by atoms with E-state index in [-0.39, 0.29) is 17.7 Å². The number of nitrogens with zero attached hydrogens (tertiary/aromatic N) is 3. The summed E-state index contributed by atoms with van der Waals surface area (Å²) in [6.45, 7) is 0.371. The van der Waals surface area contributed by atoms with Crippen LogP contribution < -0.4 is 19.5 Å². The number of furan rings is 1. The minimum atomic E-state index is -0.387. The quantitative estimate of drug-likeness (QED) is 0.446. The number of rotatable bonds is 8. The van der Waals surface area contributed by atoms with Crippen molar-refractivity contribution in [3.05, 3.63) is 72.0 Å². The second-order valence-corrected chi connectivity index (χ2v) is 6.70. The summed E-state index contributed by atoms with van der Waals surface area (Å²) >= 11 is 0. The van der Waals surface area contributed by atoms with Crippen molar-refractivity contribution in [1.29, 1.82) is 0 Å². The smallest absolute Gasteiger partial charge is 0.285 e. The van der Waals surface area contributed by atoms with E-state index in [4.69, 9.17) is 18.6 Å². The number of ether oxygens (including phenoxy) is 3. The highest BCUT2D eigenvalue weighted by atomic mass is 16.5. The van der Waals surface area contributed by atoms with Crippen molar-refractivity contribution >= 4 is 11.9 Å². The monoisotopic (exact) mass is 434 g/mol. The fourth-order valence-electron chi connectivity index (χ4n) is 3.19. The third-order valence-electron chi connectivity index (χ3n) is 4.78. The summed E-state index contributed by atoms with van der Waals surface area (Å²) in [6.07, 6.45) is 1.52. The van der Waals surface area contributed by atoms with Crippen molar-refractivity contribution in [3.63, 3.8) is 0 Å². The SMILES string of the molecule is COc1ccc(CNc2nc(-c3ccco3)nn2C(=O)c2ccccc2OC)cc1OC. The summed E-state index contributed by atoms with van der Waals surface area (Å²) < 4.78 is 22.6. The highest BCUT2D eigenvalue weighted by Crippen LogP contribution is 2.28. The lowest BCUT2D eigenvalue weighted by atomic mass is 10.2. The molecule has 9 heteroatoms. The number of hydrogen-bond donors (Lipinski definition) is 1. The predicted molar refractivity (Wildman–Crippen MR) is 117 cm³/mol. The molecule has 0 radical (unpaired) electrons. The van der Waals surface area contributed by atoms with Crippen LogP contribution in [-0.4, -0.2) is 42.0 Å². The van der Waals surface area contributed by atoms with Gasteiger partial charge in [-0.15, -0.1) is 5.10 Å². The number of carbonyl (C=O) groups excluding carboxylic acids is 1. The molecular formula is C23H22N4O5. The number of para-hydroxylation sites is 1. The Hall–Kier alpha value is -4.27. The Balaban J connectivity index is 1.67. The van der Waals surface area contributed by atoms with Crippen molar-refractivity contribution in [3.8, 4) is 28.8 Å². The Bertz CT molecular complexity index is 1220. The van der Waals surface area contributed by atoms with Crippen LogP contribution in [0, 0.1) is 0 Å². The van der Waals surface area contributed by atoms with E-state index in [1.807, 2.05) is 18.2 Å². The van der Waals surface area contributed by atoms with Gasteiger partial charge in [0.25, 0.3) is 5.91 Å². The number of hydrogen-bond acceptors (Lipinski definition) is 8.